The Morgan fingerprint density at radius 2 is 1.55 bits per heavy atom. The van der Waals surface area contributed by atoms with Crippen molar-refractivity contribution in [2.75, 3.05) is 0 Å². The molecule has 0 fully saturated rings. The Morgan fingerprint density at radius 1 is 0.828 bits per heavy atom. The van der Waals surface area contributed by atoms with Crippen LogP contribution in [0.25, 0.3) is 32.9 Å². The van der Waals surface area contributed by atoms with Gasteiger partial charge in [-0.3, -0.25) is 0 Å². The maximum Gasteiger partial charge on any atom is 0.344 e. The number of benzene rings is 3. The molecule has 4 aromatic rings. The Balaban J connectivity index is 1.69. The van der Waals surface area contributed by atoms with Crippen LogP contribution in [0.2, 0.25) is 0 Å². The highest BCUT2D eigenvalue weighted by Gasteiger charge is 2.13. The van der Waals surface area contributed by atoms with Crippen LogP contribution in [0.4, 0.5) is 4.39 Å². The van der Waals surface area contributed by atoms with Crippen LogP contribution in [0.15, 0.2) is 63.8 Å². The lowest BCUT2D eigenvalue weighted by Crippen LogP contribution is -2.01. The average Bonchev–Trinajstić information content (AvgIpc) is 2.75. The van der Waals surface area contributed by atoms with Crippen LogP contribution in [0.5, 0.6) is 0 Å². The van der Waals surface area contributed by atoms with Crippen molar-refractivity contribution in [1.82, 2.24) is 0 Å². The Hall–Kier alpha value is -2.94. The molecule has 0 aliphatic carbocycles. The Labute approximate surface area is 170 Å². The van der Waals surface area contributed by atoms with Crippen molar-refractivity contribution in [3.8, 4) is 11.1 Å². The van der Waals surface area contributed by atoms with E-state index in [1.165, 1.54) is 31.2 Å². The summed E-state index contributed by atoms with van der Waals surface area (Å²) in [5.74, 6) is -0.472. The maximum absolute atomic E-state index is 14.4. The smallest absolute Gasteiger partial charge is 0.344 e. The molecule has 0 spiro atoms. The Morgan fingerprint density at radius 3 is 2.31 bits per heavy atom. The molecule has 4 rings (SSSR count). The third-order valence-corrected chi connectivity index (χ3v) is 5.62. The zero-order chi connectivity index (χ0) is 20.4. The van der Waals surface area contributed by atoms with Gasteiger partial charge in [0.05, 0.1) is 5.39 Å². The lowest BCUT2D eigenvalue weighted by Gasteiger charge is -2.08. The number of rotatable bonds is 6. The molecule has 1 heterocycles. The molecule has 0 atom stereocenters. The summed E-state index contributed by atoms with van der Waals surface area (Å²) in [6, 6.07) is 17.8. The summed E-state index contributed by atoms with van der Waals surface area (Å²) in [6.07, 6.45) is 6.12. The van der Waals surface area contributed by atoms with Crippen molar-refractivity contribution in [3.63, 3.8) is 0 Å². The highest BCUT2D eigenvalue weighted by Crippen LogP contribution is 2.30. The normalized spacial score (nSPS) is 11.4. The third-order valence-electron chi connectivity index (χ3n) is 5.62. The van der Waals surface area contributed by atoms with E-state index >= 15 is 0 Å². The van der Waals surface area contributed by atoms with E-state index in [2.05, 4.69) is 31.2 Å². The van der Waals surface area contributed by atoms with E-state index < -0.39 is 11.4 Å². The van der Waals surface area contributed by atoms with Gasteiger partial charge in [0.1, 0.15) is 0 Å². The molecule has 3 heteroatoms. The number of hydrogen-bond donors (Lipinski definition) is 0. The van der Waals surface area contributed by atoms with Crippen molar-refractivity contribution in [3.05, 3.63) is 82.0 Å². The highest BCUT2D eigenvalue weighted by atomic mass is 19.1. The summed E-state index contributed by atoms with van der Waals surface area (Å²) < 4.78 is 19.7. The molecule has 0 radical (unpaired) electrons. The van der Waals surface area contributed by atoms with Gasteiger partial charge in [0, 0.05) is 10.8 Å². The first-order valence-electron chi connectivity index (χ1n) is 10.3. The average molecular weight is 388 g/mol. The molecule has 148 valence electrons. The van der Waals surface area contributed by atoms with Crippen molar-refractivity contribution < 1.29 is 8.81 Å². The topological polar surface area (TPSA) is 30.2 Å². The monoisotopic (exact) mass is 388 g/mol. The quantitative estimate of drug-likeness (QED) is 0.199. The summed E-state index contributed by atoms with van der Waals surface area (Å²) in [4.78, 5) is 12.5. The lowest BCUT2D eigenvalue weighted by atomic mass is 9.98. The summed E-state index contributed by atoms with van der Waals surface area (Å²) in [7, 11) is 0. The second kappa shape index (κ2) is 8.20. The number of unbranched alkanes of at least 4 members (excludes halogenated alkanes) is 3. The first kappa shape index (κ1) is 19.4. The van der Waals surface area contributed by atoms with Crippen molar-refractivity contribution in [2.45, 2.75) is 46.0 Å². The zero-order valence-electron chi connectivity index (χ0n) is 16.9. The van der Waals surface area contributed by atoms with Crippen molar-refractivity contribution in [2.24, 2.45) is 0 Å². The second-order valence-electron chi connectivity index (χ2n) is 7.73. The van der Waals surface area contributed by atoms with Gasteiger partial charge in [0.15, 0.2) is 11.4 Å². The van der Waals surface area contributed by atoms with E-state index in [0.29, 0.717) is 21.7 Å². The van der Waals surface area contributed by atoms with Crippen molar-refractivity contribution in [1.29, 1.82) is 0 Å². The molecule has 2 nitrogen and oxygen atoms in total. The standard InChI is InChI=1S/C26H25FO2/c1-3-4-5-6-7-18-9-11-19(12-10-18)20-13-15-21-22-14-8-17(2)24(27)25(22)29-26(28)23(21)16-20/h8-16H,3-7H2,1-2H3. The number of aryl methyl sites for hydroxylation is 2. The summed E-state index contributed by atoms with van der Waals surface area (Å²) in [5.41, 5.74) is 3.33. The third kappa shape index (κ3) is 3.82. The van der Waals surface area contributed by atoms with Gasteiger partial charge in [-0.25, -0.2) is 9.18 Å². The minimum Gasteiger partial charge on any atom is -0.419 e. The minimum atomic E-state index is -0.508. The second-order valence-corrected chi connectivity index (χ2v) is 7.73. The fourth-order valence-corrected chi connectivity index (χ4v) is 3.86. The largest absolute Gasteiger partial charge is 0.419 e. The van der Waals surface area contributed by atoms with Gasteiger partial charge in [-0.05, 0) is 48.1 Å². The molecule has 3 aromatic carbocycles. The molecule has 0 N–H and O–H groups in total. The first-order valence-corrected chi connectivity index (χ1v) is 10.3. The van der Waals surface area contributed by atoms with Gasteiger partial charge >= 0.3 is 5.63 Å². The van der Waals surface area contributed by atoms with Crippen LogP contribution in [-0.4, -0.2) is 0 Å². The van der Waals surface area contributed by atoms with Gasteiger partial charge < -0.3 is 4.42 Å². The molecular formula is C26H25FO2. The minimum absolute atomic E-state index is 0.0303. The fourth-order valence-electron chi connectivity index (χ4n) is 3.86. The van der Waals surface area contributed by atoms with E-state index in [0.717, 1.165) is 17.5 Å². The molecule has 0 saturated heterocycles. The first-order chi connectivity index (χ1) is 14.1. The molecule has 0 bridgehead atoms. The van der Waals surface area contributed by atoms with Gasteiger partial charge in [-0.2, -0.15) is 0 Å². The number of fused-ring (bicyclic) bond motifs is 3. The molecule has 0 saturated carbocycles. The van der Waals surface area contributed by atoms with Crippen LogP contribution in [0.3, 0.4) is 0 Å². The Bertz CT molecular complexity index is 1220. The Kier molecular flexibility index (Phi) is 5.48. The highest BCUT2D eigenvalue weighted by molar-refractivity contribution is 6.05. The summed E-state index contributed by atoms with van der Waals surface area (Å²) in [5, 5.41) is 1.81. The molecule has 0 unspecified atom stereocenters. The predicted molar refractivity (Wildman–Crippen MR) is 118 cm³/mol. The van der Waals surface area contributed by atoms with Crippen LogP contribution in [-0.2, 0) is 6.42 Å². The summed E-state index contributed by atoms with van der Waals surface area (Å²) in [6.45, 7) is 3.88. The molecular weight excluding hydrogens is 363 g/mol. The van der Waals surface area contributed by atoms with Crippen LogP contribution in [0.1, 0.15) is 43.7 Å². The van der Waals surface area contributed by atoms with Gasteiger partial charge in [0.25, 0.3) is 0 Å². The maximum atomic E-state index is 14.4. The fraction of sp³-hybridized carbons (Fsp3) is 0.269. The SMILES string of the molecule is CCCCCCc1ccc(-c2ccc3c(c2)c(=O)oc2c(F)c(C)ccc23)cc1. The van der Waals surface area contributed by atoms with Gasteiger partial charge in [-0.15, -0.1) is 0 Å². The van der Waals surface area contributed by atoms with E-state index in [9.17, 15) is 9.18 Å². The number of halogens is 1. The van der Waals surface area contributed by atoms with Crippen LogP contribution >= 0.6 is 0 Å². The van der Waals surface area contributed by atoms with E-state index in [1.54, 1.807) is 13.0 Å². The molecule has 1 aromatic heterocycles. The van der Waals surface area contributed by atoms with Gasteiger partial charge in [0.2, 0.25) is 0 Å². The summed E-state index contributed by atoms with van der Waals surface area (Å²) >= 11 is 0. The number of hydrogen-bond acceptors (Lipinski definition) is 2. The van der Waals surface area contributed by atoms with E-state index in [1.807, 2.05) is 24.3 Å². The molecule has 29 heavy (non-hydrogen) atoms. The zero-order valence-corrected chi connectivity index (χ0v) is 16.9. The van der Waals surface area contributed by atoms with Crippen LogP contribution in [0, 0.1) is 12.7 Å². The van der Waals surface area contributed by atoms with Gasteiger partial charge in [-0.1, -0.05) is 74.7 Å². The molecule has 0 aliphatic heterocycles. The van der Waals surface area contributed by atoms with E-state index in [4.69, 9.17) is 4.42 Å². The van der Waals surface area contributed by atoms with Crippen molar-refractivity contribution >= 4 is 21.7 Å². The molecule has 0 aliphatic rings. The molecule has 0 amide bonds. The van der Waals surface area contributed by atoms with E-state index in [-0.39, 0.29) is 5.58 Å². The van der Waals surface area contributed by atoms with Crippen LogP contribution < -0.4 is 5.63 Å². The lowest BCUT2D eigenvalue weighted by molar-refractivity contribution is 0.527. The predicted octanol–water partition coefficient (Wildman–Crippen LogP) is 7.18.